The molecule has 0 saturated heterocycles. The first-order valence-corrected chi connectivity index (χ1v) is 7.96. The molecule has 122 valence electrons. The lowest BCUT2D eigenvalue weighted by Crippen LogP contribution is -2.20. The Balaban J connectivity index is 1.91. The zero-order chi connectivity index (χ0) is 16.5. The molecule has 0 atom stereocenters. The molecule has 0 aliphatic heterocycles. The minimum absolute atomic E-state index is 0.0527. The highest BCUT2D eigenvalue weighted by Crippen LogP contribution is 2.26. The largest absolute Gasteiger partial charge is 0.490 e. The van der Waals surface area contributed by atoms with Crippen LogP contribution in [0.4, 0.5) is 5.69 Å². The number of carbonyl (C=O) groups excluding carboxylic acids is 1. The molecule has 0 aliphatic carbocycles. The van der Waals surface area contributed by atoms with Gasteiger partial charge in [-0.3, -0.25) is 4.79 Å². The van der Waals surface area contributed by atoms with E-state index in [-0.39, 0.29) is 12.5 Å². The van der Waals surface area contributed by atoms with Gasteiger partial charge in [-0.25, -0.2) is 0 Å². The van der Waals surface area contributed by atoms with Crippen LogP contribution in [0.1, 0.15) is 25.8 Å². The summed E-state index contributed by atoms with van der Waals surface area (Å²) in [7, 11) is 0. The number of rotatable bonds is 8. The Kier molecular flexibility index (Phi) is 6.48. The van der Waals surface area contributed by atoms with Gasteiger partial charge >= 0.3 is 0 Å². The smallest absolute Gasteiger partial charge is 0.262 e. The molecule has 0 heterocycles. The summed E-state index contributed by atoms with van der Waals surface area (Å²) in [5.74, 6) is 1.05. The number of anilines is 1. The topological polar surface area (TPSA) is 47.6 Å². The van der Waals surface area contributed by atoms with Crippen molar-refractivity contribution in [3.8, 4) is 11.5 Å². The lowest BCUT2D eigenvalue weighted by molar-refractivity contribution is -0.118. The maximum absolute atomic E-state index is 12.0. The molecule has 0 aromatic heterocycles. The average Bonchev–Trinajstić information content (AvgIpc) is 2.59. The summed E-state index contributed by atoms with van der Waals surface area (Å²) >= 11 is 0. The van der Waals surface area contributed by atoms with Crippen LogP contribution in [-0.4, -0.2) is 19.1 Å². The molecular formula is C19H23NO3. The second-order valence-electron chi connectivity index (χ2n) is 5.19. The molecule has 2 rings (SSSR count). The van der Waals surface area contributed by atoms with E-state index in [9.17, 15) is 4.79 Å². The number of hydrogen-bond donors (Lipinski definition) is 1. The second-order valence-corrected chi connectivity index (χ2v) is 5.19. The van der Waals surface area contributed by atoms with Crippen LogP contribution in [0.5, 0.6) is 11.5 Å². The number of carbonyl (C=O) groups is 1. The lowest BCUT2D eigenvalue weighted by atomic mass is 10.1. The molecule has 0 fully saturated rings. The molecule has 1 amide bonds. The van der Waals surface area contributed by atoms with Crippen molar-refractivity contribution in [1.29, 1.82) is 0 Å². The van der Waals surface area contributed by atoms with Crippen LogP contribution in [-0.2, 0) is 11.2 Å². The summed E-state index contributed by atoms with van der Waals surface area (Å²) in [6.07, 6.45) is 1.85. The predicted octanol–water partition coefficient (Wildman–Crippen LogP) is 4.06. The van der Waals surface area contributed by atoms with Gasteiger partial charge < -0.3 is 14.8 Å². The Bertz CT molecular complexity index is 640. The SMILES string of the molecule is CCCOc1ccccc1OCC(=O)Nc1cccc(CC)c1. The van der Waals surface area contributed by atoms with Crippen LogP contribution in [0.2, 0.25) is 0 Å². The number of benzene rings is 2. The summed E-state index contributed by atoms with van der Waals surface area (Å²) in [4.78, 5) is 12.0. The lowest BCUT2D eigenvalue weighted by Gasteiger charge is -2.12. The molecule has 0 bridgehead atoms. The standard InChI is InChI=1S/C19H23NO3/c1-3-12-22-17-10-5-6-11-18(17)23-14-19(21)20-16-9-7-8-15(4-2)13-16/h5-11,13H,3-4,12,14H2,1-2H3,(H,20,21). The van der Waals surface area contributed by atoms with Gasteiger partial charge in [-0.05, 0) is 42.7 Å². The van der Waals surface area contributed by atoms with Gasteiger partial charge in [-0.1, -0.05) is 38.1 Å². The van der Waals surface area contributed by atoms with Crippen LogP contribution in [0, 0.1) is 0 Å². The first kappa shape index (κ1) is 16.9. The normalized spacial score (nSPS) is 10.2. The Morgan fingerprint density at radius 3 is 2.43 bits per heavy atom. The average molecular weight is 313 g/mol. The predicted molar refractivity (Wildman–Crippen MR) is 92.2 cm³/mol. The summed E-state index contributed by atoms with van der Waals surface area (Å²) in [6.45, 7) is 4.69. The van der Waals surface area contributed by atoms with Crippen LogP contribution in [0.15, 0.2) is 48.5 Å². The van der Waals surface area contributed by atoms with Crippen LogP contribution >= 0.6 is 0 Å². The summed E-state index contributed by atoms with van der Waals surface area (Å²) < 4.78 is 11.2. The van der Waals surface area contributed by atoms with Crippen molar-refractivity contribution in [2.45, 2.75) is 26.7 Å². The van der Waals surface area contributed by atoms with Gasteiger partial charge in [-0.2, -0.15) is 0 Å². The van der Waals surface area contributed by atoms with Crippen molar-refractivity contribution in [2.24, 2.45) is 0 Å². The third kappa shape index (κ3) is 5.33. The molecule has 0 radical (unpaired) electrons. The molecule has 2 aromatic rings. The van der Waals surface area contributed by atoms with Gasteiger partial charge in [0.2, 0.25) is 0 Å². The van der Waals surface area contributed by atoms with Crippen molar-refractivity contribution in [3.05, 3.63) is 54.1 Å². The maximum Gasteiger partial charge on any atom is 0.262 e. The highest BCUT2D eigenvalue weighted by Gasteiger charge is 2.08. The first-order valence-electron chi connectivity index (χ1n) is 7.96. The minimum Gasteiger partial charge on any atom is -0.490 e. The Hall–Kier alpha value is -2.49. The number of nitrogens with one attached hydrogen (secondary N) is 1. The van der Waals surface area contributed by atoms with E-state index in [0.717, 1.165) is 18.5 Å². The van der Waals surface area contributed by atoms with E-state index >= 15 is 0 Å². The summed E-state index contributed by atoms with van der Waals surface area (Å²) in [5.41, 5.74) is 1.97. The molecule has 2 aromatic carbocycles. The van der Waals surface area contributed by atoms with Crippen molar-refractivity contribution in [1.82, 2.24) is 0 Å². The Labute approximate surface area is 137 Å². The third-order valence-electron chi connectivity index (χ3n) is 3.29. The molecular weight excluding hydrogens is 290 g/mol. The van der Waals surface area contributed by atoms with E-state index in [4.69, 9.17) is 9.47 Å². The fraction of sp³-hybridized carbons (Fsp3) is 0.316. The fourth-order valence-corrected chi connectivity index (χ4v) is 2.11. The van der Waals surface area contributed by atoms with E-state index in [0.29, 0.717) is 18.1 Å². The third-order valence-corrected chi connectivity index (χ3v) is 3.29. The summed E-state index contributed by atoms with van der Waals surface area (Å²) in [6, 6.07) is 15.2. The van der Waals surface area contributed by atoms with E-state index in [1.807, 2.05) is 49.4 Å². The van der Waals surface area contributed by atoms with Crippen LogP contribution in [0.3, 0.4) is 0 Å². The number of ether oxygens (including phenoxy) is 2. The van der Waals surface area contributed by atoms with Gasteiger partial charge in [0.25, 0.3) is 5.91 Å². The minimum atomic E-state index is -0.191. The quantitative estimate of drug-likeness (QED) is 0.799. The monoisotopic (exact) mass is 313 g/mol. The molecule has 23 heavy (non-hydrogen) atoms. The van der Waals surface area contributed by atoms with Crippen molar-refractivity contribution < 1.29 is 14.3 Å². The number of aryl methyl sites for hydroxylation is 1. The van der Waals surface area contributed by atoms with Gasteiger partial charge in [0.1, 0.15) is 0 Å². The van der Waals surface area contributed by atoms with Crippen molar-refractivity contribution >= 4 is 11.6 Å². The molecule has 0 unspecified atom stereocenters. The highest BCUT2D eigenvalue weighted by molar-refractivity contribution is 5.91. The van der Waals surface area contributed by atoms with E-state index in [1.165, 1.54) is 5.56 Å². The fourth-order valence-electron chi connectivity index (χ4n) is 2.11. The molecule has 0 aliphatic rings. The van der Waals surface area contributed by atoms with Crippen molar-refractivity contribution in [2.75, 3.05) is 18.5 Å². The number of para-hydroxylation sites is 2. The molecule has 0 saturated carbocycles. The number of hydrogen-bond acceptors (Lipinski definition) is 3. The molecule has 1 N–H and O–H groups in total. The zero-order valence-electron chi connectivity index (χ0n) is 13.7. The second kappa shape index (κ2) is 8.83. The number of amides is 1. The maximum atomic E-state index is 12.0. The van der Waals surface area contributed by atoms with Crippen molar-refractivity contribution in [3.63, 3.8) is 0 Å². The Morgan fingerprint density at radius 2 is 1.74 bits per heavy atom. The van der Waals surface area contributed by atoms with Gasteiger partial charge in [0.15, 0.2) is 18.1 Å². The highest BCUT2D eigenvalue weighted by atomic mass is 16.5. The van der Waals surface area contributed by atoms with Gasteiger partial charge in [0.05, 0.1) is 6.61 Å². The van der Waals surface area contributed by atoms with E-state index in [2.05, 4.69) is 12.2 Å². The Morgan fingerprint density at radius 1 is 1.00 bits per heavy atom. The van der Waals surface area contributed by atoms with Gasteiger partial charge in [-0.15, -0.1) is 0 Å². The van der Waals surface area contributed by atoms with E-state index < -0.39 is 0 Å². The van der Waals surface area contributed by atoms with Gasteiger partial charge in [0, 0.05) is 5.69 Å². The van der Waals surface area contributed by atoms with E-state index in [1.54, 1.807) is 6.07 Å². The molecule has 0 spiro atoms. The molecule has 4 nitrogen and oxygen atoms in total. The zero-order valence-corrected chi connectivity index (χ0v) is 13.7. The van der Waals surface area contributed by atoms with Crippen LogP contribution in [0.25, 0.3) is 0 Å². The molecule has 4 heteroatoms. The first-order chi connectivity index (χ1) is 11.2. The summed E-state index contributed by atoms with van der Waals surface area (Å²) in [5, 5.41) is 2.84. The van der Waals surface area contributed by atoms with Crippen LogP contribution < -0.4 is 14.8 Å².